The largest absolute Gasteiger partial charge is 0.418 e. The van der Waals surface area contributed by atoms with E-state index in [0.29, 0.717) is 5.39 Å². The van der Waals surface area contributed by atoms with Crippen molar-refractivity contribution < 1.29 is 13.2 Å². The topological polar surface area (TPSA) is 66.7 Å². The molecule has 4 nitrogen and oxygen atoms in total. The lowest BCUT2D eigenvalue weighted by Gasteiger charge is -2.06. The summed E-state index contributed by atoms with van der Waals surface area (Å²) in [5, 5.41) is 6.24. The molecule has 0 radical (unpaired) electrons. The first-order chi connectivity index (χ1) is 7.04. The summed E-state index contributed by atoms with van der Waals surface area (Å²) in [5.41, 5.74) is 1.39. The fourth-order valence-electron chi connectivity index (χ4n) is 1.39. The van der Waals surface area contributed by atoms with Crippen LogP contribution in [0.25, 0.3) is 10.9 Å². The third-order valence-corrected chi connectivity index (χ3v) is 2.04. The van der Waals surface area contributed by atoms with Gasteiger partial charge in [-0.25, -0.2) is 5.84 Å². The summed E-state index contributed by atoms with van der Waals surface area (Å²) in [6, 6.07) is 3.80. The normalized spacial score (nSPS) is 12.0. The van der Waals surface area contributed by atoms with Crippen molar-refractivity contribution in [2.45, 2.75) is 6.18 Å². The zero-order valence-corrected chi connectivity index (χ0v) is 7.39. The molecule has 0 saturated heterocycles. The van der Waals surface area contributed by atoms with Crippen LogP contribution >= 0.6 is 0 Å². The maximum atomic E-state index is 12.5. The number of H-pyrrole nitrogens is 1. The van der Waals surface area contributed by atoms with Crippen LogP contribution in [0.1, 0.15) is 5.56 Å². The Kier molecular flexibility index (Phi) is 2.04. The second-order valence-corrected chi connectivity index (χ2v) is 2.94. The van der Waals surface area contributed by atoms with E-state index in [0.717, 1.165) is 6.07 Å². The Hall–Kier alpha value is -1.76. The minimum absolute atomic E-state index is 0.0713. The van der Waals surface area contributed by atoms with E-state index < -0.39 is 11.7 Å². The van der Waals surface area contributed by atoms with Gasteiger partial charge >= 0.3 is 6.18 Å². The number of rotatable bonds is 1. The van der Waals surface area contributed by atoms with Gasteiger partial charge < -0.3 is 5.43 Å². The zero-order chi connectivity index (χ0) is 11.1. The van der Waals surface area contributed by atoms with Gasteiger partial charge in [-0.3, -0.25) is 5.10 Å². The Bertz CT molecular complexity index is 488. The summed E-state index contributed by atoms with van der Waals surface area (Å²) in [5.74, 6) is 5.30. The van der Waals surface area contributed by atoms with Crippen molar-refractivity contribution in [2.75, 3.05) is 5.43 Å². The number of alkyl halides is 3. The number of nitrogens with two attached hydrogens (primary N) is 1. The molecule has 1 heterocycles. The number of fused-ring (bicyclic) bond motifs is 1. The molecule has 0 amide bonds. The summed E-state index contributed by atoms with van der Waals surface area (Å²) in [6.45, 7) is 0. The molecule has 0 spiro atoms. The van der Waals surface area contributed by atoms with Gasteiger partial charge in [-0.15, -0.1) is 0 Å². The Morgan fingerprint density at radius 1 is 1.33 bits per heavy atom. The molecule has 0 unspecified atom stereocenters. The third-order valence-electron chi connectivity index (χ3n) is 2.04. The van der Waals surface area contributed by atoms with Crippen LogP contribution in [0, 0.1) is 0 Å². The van der Waals surface area contributed by atoms with E-state index in [1.165, 1.54) is 12.1 Å². The molecule has 0 fully saturated rings. The van der Waals surface area contributed by atoms with Crippen LogP contribution in [0.3, 0.4) is 0 Å². The van der Waals surface area contributed by atoms with Crippen LogP contribution in [0.2, 0.25) is 0 Å². The second-order valence-electron chi connectivity index (χ2n) is 2.94. The quantitative estimate of drug-likeness (QED) is 0.503. The molecule has 0 atom stereocenters. The predicted molar refractivity (Wildman–Crippen MR) is 48.9 cm³/mol. The van der Waals surface area contributed by atoms with Gasteiger partial charge in [0.25, 0.3) is 0 Å². The van der Waals surface area contributed by atoms with Gasteiger partial charge in [0.15, 0.2) is 5.82 Å². The number of anilines is 1. The van der Waals surface area contributed by atoms with Gasteiger partial charge in [0.1, 0.15) is 0 Å². The van der Waals surface area contributed by atoms with Gasteiger partial charge in [0, 0.05) is 5.39 Å². The van der Waals surface area contributed by atoms with Gasteiger partial charge in [-0.05, 0) is 12.1 Å². The van der Waals surface area contributed by atoms with E-state index in [1.807, 2.05) is 0 Å². The van der Waals surface area contributed by atoms with Crippen molar-refractivity contribution in [3.8, 4) is 0 Å². The first kappa shape index (κ1) is 9.78. The predicted octanol–water partition coefficient (Wildman–Crippen LogP) is 1.87. The number of nitrogens with zero attached hydrogens (tertiary/aromatic N) is 1. The molecule has 0 aliphatic carbocycles. The lowest BCUT2D eigenvalue weighted by molar-refractivity contribution is -0.136. The van der Waals surface area contributed by atoms with E-state index in [9.17, 15) is 13.2 Å². The summed E-state index contributed by atoms with van der Waals surface area (Å²) in [4.78, 5) is 0. The molecular formula is C8H7F3N4. The van der Waals surface area contributed by atoms with Crippen molar-refractivity contribution in [1.82, 2.24) is 10.2 Å². The number of hydrazine groups is 1. The minimum atomic E-state index is -4.40. The molecule has 4 N–H and O–H groups in total. The fraction of sp³-hybridized carbons (Fsp3) is 0.125. The number of nitrogen functional groups attached to an aromatic ring is 1. The maximum Gasteiger partial charge on any atom is 0.418 e. The Labute approximate surface area is 82.2 Å². The van der Waals surface area contributed by atoms with Crippen LogP contribution in [-0.2, 0) is 6.18 Å². The number of aromatic nitrogens is 2. The Morgan fingerprint density at radius 2 is 2.07 bits per heavy atom. The molecular weight excluding hydrogens is 209 g/mol. The average Bonchev–Trinajstić information content (AvgIpc) is 2.58. The first-order valence-corrected chi connectivity index (χ1v) is 4.05. The van der Waals surface area contributed by atoms with Crippen LogP contribution in [0.5, 0.6) is 0 Å². The molecule has 0 aliphatic rings. The van der Waals surface area contributed by atoms with Crippen molar-refractivity contribution in [3.63, 3.8) is 0 Å². The molecule has 2 aromatic rings. The number of hydrogen-bond acceptors (Lipinski definition) is 3. The molecule has 1 aromatic carbocycles. The van der Waals surface area contributed by atoms with Gasteiger partial charge in [-0.1, -0.05) is 6.07 Å². The van der Waals surface area contributed by atoms with Gasteiger partial charge in [-0.2, -0.15) is 18.3 Å². The highest BCUT2D eigenvalue weighted by Crippen LogP contribution is 2.35. The Morgan fingerprint density at radius 3 is 2.67 bits per heavy atom. The zero-order valence-electron chi connectivity index (χ0n) is 7.39. The number of nitrogens with one attached hydrogen (secondary N) is 2. The van der Waals surface area contributed by atoms with Crippen molar-refractivity contribution in [3.05, 3.63) is 23.8 Å². The first-order valence-electron chi connectivity index (χ1n) is 4.05. The minimum Gasteiger partial charge on any atom is -0.306 e. The van der Waals surface area contributed by atoms with E-state index in [1.54, 1.807) is 0 Å². The molecule has 0 aliphatic heterocycles. The van der Waals surface area contributed by atoms with Crippen LogP contribution in [-0.4, -0.2) is 10.2 Å². The monoisotopic (exact) mass is 216 g/mol. The Balaban J connectivity index is 2.73. The summed E-state index contributed by atoms with van der Waals surface area (Å²) in [7, 11) is 0. The van der Waals surface area contributed by atoms with Gasteiger partial charge in [0.05, 0.1) is 11.1 Å². The van der Waals surface area contributed by atoms with Gasteiger partial charge in [0.2, 0.25) is 0 Å². The molecule has 1 aromatic heterocycles. The standard InChI is InChI=1S/C8H7F3N4/c9-8(10,11)5-3-1-2-4-6(5)14-15-7(4)13-12/h1-3H,12H2,(H2,13,14,15). The van der Waals surface area contributed by atoms with E-state index in [4.69, 9.17) is 5.84 Å². The van der Waals surface area contributed by atoms with Crippen LogP contribution in [0.15, 0.2) is 18.2 Å². The molecule has 0 saturated carbocycles. The summed E-state index contributed by atoms with van der Waals surface area (Å²) in [6.07, 6.45) is -4.40. The lowest BCUT2D eigenvalue weighted by atomic mass is 10.1. The van der Waals surface area contributed by atoms with Crippen LogP contribution < -0.4 is 11.3 Å². The highest BCUT2D eigenvalue weighted by atomic mass is 19.4. The maximum absolute atomic E-state index is 12.5. The number of halogens is 3. The number of hydrogen-bond donors (Lipinski definition) is 3. The van der Waals surface area contributed by atoms with Crippen molar-refractivity contribution in [1.29, 1.82) is 0 Å². The average molecular weight is 216 g/mol. The van der Waals surface area contributed by atoms with Crippen molar-refractivity contribution >= 4 is 16.7 Å². The SMILES string of the molecule is NNc1n[nH]c2c(C(F)(F)F)cccc12. The molecule has 2 rings (SSSR count). The highest BCUT2D eigenvalue weighted by molar-refractivity contribution is 5.91. The lowest BCUT2D eigenvalue weighted by Crippen LogP contribution is -2.07. The van der Waals surface area contributed by atoms with Crippen LogP contribution in [0.4, 0.5) is 19.0 Å². The smallest absolute Gasteiger partial charge is 0.306 e. The summed E-state index contributed by atoms with van der Waals surface area (Å²) >= 11 is 0. The highest BCUT2D eigenvalue weighted by Gasteiger charge is 2.33. The molecule has 0 bridgehead atoms. The summed E-state index contributed by atoms with van der Waals surface area (Å²) < 4.78 is 37.6. The van der Waals surface area contributed by atoms with E-state index in [-0.39, 0.29) is 11.3 Å². The third kappa shape index (κ3) is 1.50. The molecule has 80 valence electrons. The fourth-order valence-corrected chi connectivity index (χ4v) is 1.39. The number of aromatic amines is 1. The number of benzene rings is 1. The molecule has 15 heavy (non-hydrogen) atoms. The second kappa shape index (κ2) is 3.13. The molecule has 7 heteroatoms. The van der Waals surface area contributed by atoms with E-state index in [2.05, 4.69) is 15.6 Å². The van der Waals surface area contributed by atoms with Crippen molar-refractivity contribution in [2.24, 2.45) is 5.84 Å². The number of para-hydroxylation sites is 1. The van der Waals surface area contributed by atoms with E-state index >= 15 is 0 Å².